The van der Waals surface area contributed by atoms with Gasteiger partial charge in [0.2, 0.25) is 5.91 Å². The van der Waals surface area contributed by atoms with E-state index in [2.05, 4.69) is 41.3 Å². The number of aliphatic imine (C=N–C) groups is 1. The van der Waals surface area contributed by atoms with Crippen LogP contribution in [0.4, 0.5) is 0 Å². The number of carbonyl (C=O) groups is 1. The highest BCUT2D eigenvalue weighted by atomic mass is 127. The minimum absolute atomic E-state index is 0. The first kappa shape index (κ1) is 28.6. The smallest absolute Gasteiger partial charge is 0.232 e. The fourth-order valence-corrected chi connectivity index (χ4v) is 3.90. The zero-order valence-electron chi connectivity index (χ0n) is 20.2. The lowest BCUT2D eigenvalue weighted by Gasteiger charge is -2.31. The lowest BCUT2D eigenvalue weighted by atomic mass is 9.97. The van der Waals surface area contributed by atoms with E-state index in [-0.39, 0.29) is 35.8 Å². The molecule has 0 spiro atoms. The van der Waals surface area contributed by atoms with Crippen molar-refractivity contribution in [3.8, 4) is 0 Å². The van der Waals surface area contributed by atoms with Crippen LogP contribution in [0.5, 0.6) is 0 Å². The Labute approximate surface area is 211 Å². The van der Waals surface area contributed by atoms with Crippen LogP contribution in [0.15, 0.2) is 35.3 Å². The molecule has 0 radical (unpaired) electrons. The molecule has 1 aliphatic heterocycles. The largest absolute Gasteiger partial charge is 0.378 e. The summed E-state index contributed by atoms with van der Waals surface area (Å²) in [6.07, 6.45) is 2.22. The summed E-state index contributed by atoms with van der Waals surface area (Å²) >= 11 is 0. The second-order valence-corrected chi connectivity index (χ2v) is 8.07. The molecule has 8 heteroatoms. The van der Waals surface area contributed by atoms with E-state index >= 15 is 0 Å². The zero-order chi connectivity index (χ0) is 22.5. The van der Waals surface area contributed by atoms with E-state index in [4.69, 9.17) is 4.74 Å². The van der Waals surface area contributed by atoms with Gasteiger partial charge >= 0.3 is 0 Å². The molecule has 2 N–H and O–H groups in total. The van der Waals surface area contributed by atoms with Crippen molar-refractivity contribution in [2.75, 3.05) is 59.5 Å². The molecule has 1 aromatic rings. The summed E-state index contributed by atoms with van der Waals surface area (Å²) in [4.78, 5) is 22.0. The number of guanidine groups is 1. The van der Waals surface area contributed by atoms with Crippen LogP contribution >= 0.6 is 24.0 Å². The first-order valence-corrected chi connectivity index (χ1v) is 11.7. The Morgan fingerprint density at radius 2 is 1.84 bits per heavy atom. The van der Waals surface area contributed by atoms with Crippen molar-refractivity contribution in [2.24, 2.45) is 4.99 Å². The topological polar surface area (TPSA) is 69.2 Å². The molecule has 1 aromatic carbocycles. The molecular weight excluding hydrogens is 517 g/mol. The lowest BCUT2D eigenvalue weighted by Crippen LogP contribution is -2.48. The van der Waals surface area contributed by atoms with Crippen LogP contribution < -0.4 is 10.6 Å². The Balaban J connectivity index is 0.00000512. The molecule has 7 nitrogen and oxygen atoms in total. The molecule has 1 heterocycles. The number of nitrogens with one attached hydrogen (secondary N) is 2. The first-order chi connectivity index (χ1) is 15.1. The summed E-state index contributed by atoms with van der Waals surface area (Å²) < 4.78 is 5.41. The van der Waals surface area contributed by atoms with Crippen LogP contribution in [0.25, 0.3) is 0 Å². The molecular formula is C24H42IN5O2. The number of benzene rings is 1. The molecule has 1 saturated heterocycles. The number of amides is 1. The van der Waals surface area contributed by atoms with Crippen molar-refractivity contribution in [1.82, 2.24) is 20.4 Å². The van der Waals surface area contributed by atoms with Crippen molar-refractivity contribution in [3.63, 3.8) is 0 Å². The predicted molar refractivity (Wildman–Crippen MR) is 143 cm³/mol. The summed E-state index contributed by atoms with van der Waals surface area (Å²) in [5, 5.41) is 6.87. The van der Waals surface area contributed by atoms with Gasteiger partial charge in [0.25, 0.3) is 0 Å². The third kappa shape index (κ3) is 9.62. The van der Waals surface area contributed by atoms with Crippen molar-refractivity contribution >= 4 is 35.8 Å². The molecule has 0 aliphatic carbocycles. The SMILES string of the molecule is CCN(CC)CCCC(C)NC(=NC)NCC(C(=O)N1CCOCC1)c1ccccc1.I. The highest BCUT2D eigenvalue weighted by Crippen LogP contribution is 2.19. The molecule has 1 amide bonds. The zero-order valence-corrected chi connectivity index (χ0v) is 22.5. The molecule has 32 heavy (non-hydrogen) atoms. The number of carbonyl (C=O) groups excluding carboxylic acids is 1. The Morgan fingerprint density at radius 1 is 1.19 bits per heavy atom. The summed E-state index contributed by atoms with van der Waals surface area (Å²) in [6, 6.07) is 10.3. The lowest BCUT2D eigenvalue weighted by molar-refractivity contribution is -0.136. The van der Waals surface area contributed by atoms with Gasteiger partial charge in [-0.15, -0.1) is 24.0 Å². The van der Waals surface area contributed by atoms with Gasteiger partial charge in [0.05, 0.1) is 19.1 Å². The highest BCUT2D eigenvalue weighted by molar-refractivity contribution is 14.0. The molecule has 2 rings (SSSR count). The van der Waals surface area contributed by atoms with E-state index < -0.39 is 0 Å². The second-order valence-electron chi connectivity index (χ2n) is 8.07. The summed E-state index contributed by atoms with van der Waals surface area (Å²) in [6.45, 7) is 12.9. The maximum absolute atomic E-state index is 13.2. The predicted octanol–water partition coefficient (Wildman–Crippen LogP) is 2.92. The Hall–Kier alpha value is -1.39. The number of morpholine rings is 1. The van der Waals surface area contributed by atoms with Gasteiger partial charge < -0.3 is 25.2 Å². The Morgan fingerprint density at radius 3 is 2.44 bits per heavy atom. The fourth-order valence-electron chi connectivity index (χ4n) is 3.90. The third-order valence-corrected chi connectivity index (χ3v) is 5.91. The van der Waals surface area contributed by atoms with Crippen LogP contribution in [0, 0.1) is 0 Å². The fraction of sp³-hybridized carbons (Fsp3) is 0.667. The molecule has 2 atom stereocenters. The minimum Gasteiger partial charge on any atom is -0.378 e. The number of halogens is 1. The molecule has 182 valence electrons. The molecule has 2 unspecified atom stereocenters. The van der Waals surface area contributed by atoms with Gasteiger partial charge in [-0.05, 0) is 45.0 Å². The maximum Gasteiger partial charge on any atom is 0.232 e. The summed E-state index contributed by atoms with van der Waals surface area (Å²) in [7, 11) is 1.78. The van der Waals surface area contributed by atoms with Gasteiger partial charge in [-0.3, -0.25) is 9.79 Å². The second kappa shape index (κ2) is 16.3. The number of hydrogen-bond donors (Lipinski definition) is 2. The molecule has 0 saturated carbocycles. The van der Waals surface area contributed by atoms with Gasteiger partial charge in [0, 0.05) is 32.7 Å². The van der Waals surface area contributed by atoms with Crippen LogP contribution in [-0.4, -0.2) is 87.2 Å². The van der Waals surface area contributed by atoms with Crippen molar-refractivity contribution < 1.29 is 9.53 Å². The van der Waals surface area contributed by atoms with Crippen molar-refractivity contribution in [1.29, 1.82) is 0 Å². The first-order valence-electron chi connectivity index (χ1n) is 11.7. The average Bonchev–Trinajstić information content (AvgIpc) is 2.82. The van der Waals surface area contributed by atoms with Crippen molar-refractivity contribution in [2.45, 2.75) is 45.6 Å². The van der Waals surface area contributed by atoms with Crippen LogP contribution in [-0.2, 0) is 9.53 Å². The quantitative estimate of drug-likeness (QED) is 0.248. The third-order valence-electron chi connectivity index (χ3n) is 5.91. The van der Waals surface area contributed by atoms with Gasteiger partial charge in [-0.1, -0.05) is 44.2 Å². The van der Waals surface area contributed by atoms with Crippen LogP contribution in [0.1, 0.15) is 45.1 Å². The van der Waals surface area contributed by atoms with E-state index in [1.165, 1.54) is 0 Å². The van der Waals surface area contributed by atoms with Gasteiger partial charge in [-0.25, -0.2) is 0 Å². The summed E-state index contributed by atoms with van der Waals surface area (Å²) in [5.41, 5.74) is 1.02. The molecule has 0 aromatic heterocycles. The maximum atomic E-state index is 13.2. The normalized spacial score (nSPS) is 16.3. The van der Waals surface area contributed by atoms with Gasteiger partial charge in [0.15, 0.2) is 5.96 Å². The molecule has 1 aliphatic rings. The number of hydrogen-bond acceptors (Lipinski definition) is 4. The number of nitrogens with zero attached hydrogens (tertiary/aromatic N) is 3. The van der Waals surface area contributed by atoms with E-state index in [0.29, 0.717) is 38.9 Å². The average molecular weight is 560 g/mol. The highest BCUT2D eigenvalue weighted by Gasteiger charge is 2.27. The number of rotatable bonds is 11. The van der Waals surface area contributed by atoms with Crippen molar-refractivity contribution in [3.05, 3.63) is 35.9 Å². The number of ether oxygens (including phenoxy) is 1. The molecule has 0 bridgehead atoms. The monoisotopic (exact) mass is 559 g/mol. The Kier molecular flexibility index (Phi) is 14.6. The standard InChI is InChI=1S/C24H41N5O2.HI/c1-5-28(6-2)14-10-11-20(3)27-24(25-4)26-19-22(21-12-8-7-9-13-21)23(30)29-15-17-31-18-16-29;/h7-9,12-13,20,22H,5-6,10-11,14-19H2,1-4H3,(H2,25,26,27);1H. The van der Waals surface area contributed by atoms with E-state index in [9.17, 15) is 4.79 Å². The van der Waals surface area contributed by atoms with Gasteiger partial charge in [0.1, 0.15) is 0 Å². The van der Waals surface area contributed by atoms with E-state index in [1.807, 2.05) is 35.2 Å². The van der Waals surface area contributed by atoms with Gasteiger partial charge in [-0.2, -0.15) is 0 Å². The van der Waals surface area contributed by atoms with Crippen LogP contribution in [0.2, 0.25) is 0 Å². The molecule has 1 fully saturated rings. The Bertz CT molecular complexity index is 664. The van der Waals surface area contributed by atoms with E-state index in [1.54, 1.807) is 7.05 Å². The minimum atomic E-state index is -0.254. The van der Waals surface area contributed by atoms with Crippen LogP contribution in [0.3, 0.4) is 0 Å². The summed E-state index contributed by atoms with van der Waals surface area (Å²) in [5.74, 6) is 0.631. The van der Waals surface area contributed by atoms with E-state index in [0.717, 1.165) is 44.0 Å².